The van der Waals surface area contributed by atoms with Crippen molar-refractivity contribution in [3.05, 3.63) is 64.7 Å². The Morgan fingerprint density at radius 3 is 2.52 bits per heavy atom. The van der Waals surface area contributed by atoms with Gasteiger partial charge in [-0.25, -0.2) is 8.42 Å². The quantitative estimate of drug-likeness (QED) is 0.747. The van der Waals surface area contributed by atoms with Gasteiger partial charge in [0.15, 0.2) is 0 Å². The number of nitrogens with one attached hydrogen (secondary N) is 1. The highest BCUT2D eigenvalue weighted by molar-refractivity contribution is 7.92. The molecule has 0 saturated heterocycles. The van der Waals surface area contributed by atoms with E-state index in [9.17, 15) is 13.2 Å². The molecule has 2 aromatic rings. The summed E-state index contributed by atoms with van der Waals surface area (Å²) in [6.45, 7) is 5.68. The topological polar surface area (TPSA) is 66.5 Å². The van der Waals surface area contributed by atoms with E-state index in [1.165, 1.54) is 21.9 Å². The van der Waals surface area contributed by atoms with Crippen molar-refractivity contribution in [3.8, 4) is 0 Å². The molecule has 0 radical (unpaired) electrons. The second kappa shape index (κ2) is 8.57. The minimum atomic E-state index is -3.63. The fourth-order valence-corrected chi connectivity index (χ4v) is 5.28. The normalized spacial score (nSPS) is 15.4. The number of carbonyl (C=O) groups excluding carboxylic acids is 1. The fourth-order valence-electron chi connectivity index (χ4n) is 4.08. The lowest BCUT2D eigenvalue weighted by Gasteiger charge is -2.31. The number of aryl methyl sites for hydroxylation is 3. The van der Waals surface area contributed by atoms with Crippen LogP contribution in [0.5, 0.6) is 0 Å². The van der Waals surface area contributed by atoms with Crippen LogP contribution in [0.4, 0.5) is 5.69 Å². The van der Waals surface area contributed by atoms with Crippen molar-refractivity contribution in [1.29, 1.82) is 0 Å². The van der Waals surface area contributed by atoms with Gasteiger partial charge in [0.2, 0.25) is 15.9 Å². The van der Waals surface area contributed by atoms with Crippen LogP contribution in [0.25, 0.3) is 0 Å². The Bertz CT molecular complexity index is 1000. The largest absolute Gasteiger partial charge is 0.348 e. The molecule has 0 bridgehead atoms. The second-order valence-corrected chi connectivity index (χ2v) is 9.79. The minimum absolute atomic E-state index is 0.193. The van der Waals surface area contributed by atoms with Crippen molar-refractivity contribution < 1.29 is 13.2 Å². The molecular formula is C23H30N2O3S. The SMILES string of the molecule is CC[C@@H](C(=O)N[C@H](C)c1ccc2c(c1)CCC2)N(c1cccc(C)c1)S(C)(=O)=O. The summed E-state index contributed by atoms with van der Waals surface area (Å²) in [5.74, 6) is -0.285. The van der Waals surface area contributed by atoms with Gasteiger partial charge in [0.25, 0.3) is 0 Å². The van der Waals surface area contributed by atoms with E-state index in [4.69, 9.17) is 0 Å². The van der Waals surface area contributed by atoms with Gasteiger partial charge >= 0.3 is 0 Å². The predicted molar refractivity (Wildman–Crippen MR) is 118 cm³/mol. The van der Waals surface area contributed by atoms with Crippen LogP contribution in [-0.4, -0.2) is 26.6 Å². The van der Waals surface area contributed by atoms with Crippen LogP contribution in [-0.2, 0) is 27.7 Å². The molecule has 1 N–H and O–H groups in total. The number of carbonyl (C=O) groups is 1. The molecule has 0 heterocycles. The van der Waals surface area contributed by atoms with E-state index < -0.39 is 16.1 Å². The average molecular weight is 415 g/mol. The maximum absolute atomic E-state index is 13.1. The smallest absolute Gasteiger partial charge is 0.244 e. The zero-order chi connectivity index (χ0) is 21.2. The predicted octanol–water partition coefficient (Wildman–Crippen LogP) is 3.91. The van der Waals surface area contributed by atoms with Gasteiger partial charge in [0, 0.05) is 0 Å². The van der Waals surface area contributed by atoms with E-state index in [0.29, 0.717) is 12.1 Å². The van der Waals surface area contributed by atoms with E-state index in [2.05, 4.69) is 23.5 Å². The van der Waals surface area contributed by atoms with Crippen LogP contribution in [0.1, 0.15) is 55.0 Å². The van der Waals surface area contributed by atoms with Gasteiger partial charge in [-0.15, -0.1) is 0 Å². The summed E-state index contributed by atoms with van der Waals surface area (Å²) in [5.41, 5.74) is 5.25. The molecule has 0 unspecified atom stereocenters. The molecule has 2 aromatic carbocycles. The molecular weight excluding hydrogens is 384 g/mol. The van der Waals surface area contributed by atoms with Gasteiger partial charge in [-0.2, -0.15) is 0 Å². The van der Waals surface area contributed by atoms with Gasteiger partial charge in [0.1, 0.15) is 6.04 Å². The molecule has 156 valence electrons. The number of nitrogens with zero attached hydrogens (tertiary/aromatic N) is 1. The van der Waals surface area contributed by atoms with Gasteiger partial charge in [-0.3, -0.25) is 9.10 Å². The molecule has 2 atom stereocenters. The Morgan fingerprint density at radius 2 is 1.86 bits per heavy atom. The standard InChI is InChI=1S/C23H30N2O3S/c1-5-22(25(29(4,27)28)21-11-6-8-16(2)14-21)23(26)24-17(3)19-13-12-18-9-7-10-20(18)15-19/h6,8,11-15,17,22H,5,7,9-10H2,1-4H3,(H,24,26)/t17-,22+/m1/s1. The van der Waals surface area contributed by atoms with E-state index in [1.807, 2.05) is 26.8 Å². The third-order valence-corrected chi connectivity index (χ3v) is 6.75. The molecule has 0 aliphatic heterocycles. The first-order valence-corrected chi connectivity index (χ1v) is 12.0. The number of hydrogen-bond donors (Lipinski definition) is 1. The van der Waals surface area contributed by atoms with Crippen molar-refractivity contribution in [2.24, 2.45) is 0 Å². The van der Waals surface area contributed by atoms with Gasteiger partial charge < -0.3 is 5.32 Å². The van der Waals surface area contributed by atoms with E-state index >= 15 is 0 Å². The highest BCUT2D eigenvalue weighted by atomic mass is 32.2. The summed E-state index contributed by atoms with van der Waals surface area (Å²) in [6.07, 6.45) is 4.90. The Labute approximate surface area is 174 Å². The summed E-state index contributed by atoms with van der Waals surface area (Å²) < 4.78 is 26.4. The molecule has 0 fully saturated rings. The third kappa shape index (κ3) is 4.81. The van der Waals surface area contributed by atoms with Crippen molar-refractivity contribution in [2.45, 2.75) is 58.5 Å². The molecule has 29 heavy (non-hydrogen) atoms. The van der Waals surface area contributed by atoms with Crippen LogP contribution in [0.3, 0.4) is 0 Å². The van der Waals surface area contributed by atoms with Crippen LogP contribution < -0.4 is 9.62 Å². The summed E-state index contributed by atoms with van der Waals surface area (Å²) >= 11 is 0. The van der Waals surface area contributed by atoms with Crippen molar-refractivity contribution >= 4 is 21.6 Å². The summed E-state index contributed by atoms with van der Waals surface area (Å²) in [4.78, 5) is 13.1. The molecule has 5 nitrogen and oxygen atoms in total. The lowest BCUT2D eigenvalue weighted by Crippen LogP contribution is -2.49. The molecule has 0 spiro atoms. The Balaban J connectivity index is 1.84. The monoisotopic (exact) mass is 414 g/mol. The van der Waals surface area contributed by atoms with Crippen LogP contribution in [0, 0.1) is 6.92 Å². The number of anilines is 1. The highest BCUT2D eigenvalue weighted by Crippen LogP contribution is 2.27. The highest BCUT2D eigenvalue weighted by Gasteiger charge is 2.32. The van der Waals surface area contributed by atoms with Crippen molar-refractivity contribution in [3.63, 3.8) is 0 Å². The lowest BCUT2D eigenvalue weighted by molar-refractivity contribution is -0.122. The van der Waals surface area contributed by atoms with Gasteiger partial charge in [0.05, 0.1) is 18.0 Å². The maximum Gasteiger partial charge on any atom is 0.244 e. The minimum Gasteiger partial charge on any atom is -0.348 e. The summed E-state index contributed by atoms with van der Waals surface area (Å²) in [7, 11) is -3.63. The molecule has 0 aromatic heterocycles. The molecule has 3 rings (SSSR count). The Morgan fingerprint density at radius 1 is 1.14 bits per heavy atom. The van der Waals surface area contributed by atoms with Gasteiger partial charge in [-0.1, -0.05) is 37.3 Å². The number of benzene rings is 2. The van der Waals surface area contributed by atoms with Crippen molar-refractivity contribution in [1.82, 2.24) is 5.32 Å². The van der Waals surface area contributed by atoms with E-state index in [0.717, 1.165) is 30.2 Å². The summed E-state index contributed by atoms with van der Waals surface area (Å²) in [6, 6.07) is 12.6. The number of rotatable bonds is 7. The fraction of sp³-hybridized carbons (Fsp3) is 0.435. The van der Waals surface area contributed by atoms with Crippen LogP contribution >= 0.6 is 0 Å². The number of sulfonamides is 1. The van der Waals surface area contributed by atoms with E-state index in [-0.39, 0.29) is 11.9 Å². The molecule has 1 aliphatic carbocycles. The number of fused-ring (bicyclic) bond motifs is 1. The second-order valence-electron chi connectivity index (χ2n) is 7.93. The first kappa shape index (κ1) is 21.4. The molecule has 0 saturated carbocycles. The summed E-state index contributed by atoms with van der Waals surface area (Å²) in [5, 5.41) is 3.03. The Kier molecular flexibility index (Phi) is 6.32. The maximum atomic E-state index is 13.1. The zero-order valence-corrected chi connectivity index (χ0v) is 18.4. The average Bonchev–Trinajstić information content (AvgIpc) is 3.12. The first-order chi connectivity index (χ1) is 13.7. The Hall–Kier alpha value is -2.34. The number of amides is 1. The van der Waals surface area contributed by atoms with Crippen LogP contribution in [0.15, 0.2) is 42.5 Å². The molecule has 1 aliphatic rings. The zero-order valence-electron chi connectivity index (χ0n) is 17.6. The van der Waals surface area contributed by atoms with Crippen LogP contribution in [0.2, 0.25) is 0 Å². The van der Waals surface area contributed by atoms with Crippen molar-refractivity contribution in [2.75, 3.05) is 10.6 Å². The third-order valence-electron chi connectivity index (χ3n) is 5.57. The molecule has 1 amide bonds. The molecule has 6 heteroatoms. The van der Waals surface area contributed by atoms with Gasteiger partial charge in [-0.05, 0) is 73.9 Å². The van der Waals surface area contributed by atoms with E-state index in [1.54, 1.807) is 18.2 Å². The number of hydrogen-bond acceptors (Lipinski definition) is 3. The lowest BCUT2D eigenvalue weighted by atomic mass is 10.0. The first-order valence-electron chi connectivity index (χ1n) is 10.2.